The van der Waals surface area contributed by atoms with Crippen molar-refractivity contribution in [3.63, 3.8) is 0 Å². The number of hydrazine groups is 1. The van der Waals surface area contributed by atoms with E-state index < -0.39 is 12.1 Å². The molecular formula is C52H71N7O7. The molecule has 2 aromatic heterocycles. The molecule has 0 bridgehead atoms. The molecule has 0 radical (unpaired) electrons. The van der Waals surface area contributed by atoms with Gasteiger partial charge in [-0.05, 0) is 112 Å². The topological polar surface area (TPSA) is 155 Å². The fraction of sp³-hybridized carbons (Fsp3) is 0.500. The number of nitrogens with one attached hydrogen (secondary N) is 2. The van der Waals surface area contributed by atoms with Crippen molar-refractivity contribution in [1.29, 1.82) is 0 Å². The van der Waals surface area contributed by atoms with Gasteiger partial charge in [0.05, 0.1) is 30.0 Å². The van der Waals surface area contributed by atoms with Gasteiger partial charge in [-0.2, -0.15) is 0 Å². The molecule has 2 aliphatic heterocycles. The van der Waals surface area contributed by atoms with Crippen molar-refractivity contribution in [2.75, 3.05) is 54.0 Å². The summed E-state index contributed by atoms with van der Waals surface area (Å²) in [6.45, 7) is 19.6. The van der Waals surface area contributed by atoms with Crippen LogP contribution in [0, 0.1) is 17.3 Å². The summed E-state index contributed by atoms with van der Waals surface area (Å²) < 4.78 is 13.5. The summed E-state index contributed by atoms with van der Waals surface area (Å²) in [6.07, 6.45) is 6.89. The zero-order chi connectivity index (χ0) is 48.1. The monoisotopic (exact) mass is 906 g/mol. The molecule has 4 unspecified atom stereocenters. The number of methoxy groups -OCH3 is 1. The van der Waals surface area contributed by atoms with Gasteiger partial charge in [0.25, 0.3) is 12.4 Å². The molecule has 2 aliphatic rings. The lowest BCUT2D eigenvalue weighted by atomic mass is 9.84. The minimum absolute atomic E-state index is 0.0405. The Morgan fingerprint density at radius 1 is 1.05 bits per heavy atom. The van der Waals surface area contributed by atoms with E-state index in [4.69, 9.17) is 19.3 Å². The smallest absolute Gasteiger partial charge is 0.293 e. The number of fused-ring (bicyclic) bond motifs is 1. The van der Waals surface area contributed by atoms with E-state index in [1.54, 1.807) is 30.3 Å². The second kappa shape index (κ2) is 23.7. The van der Waals surface area contributed by atoms with E-state index in [9.17, 15) is 19.2 Å². The van der Waals surface area contributed by atoms with E-state index in [1.807, 2.05) is 46.0 Å². The molecule has 2 fully saturated rings. The Balaban J connectivity index is 0.00000196. The van der Waals surface area contributed by atoms with E-state index in [0.717, 1.165) is 75.9 Å². The van der Waals surface area contributed by atoms with Gasteiger partial charge in [0.2, 0.25) is 11.8 Å². The van der Waals surface area contributed by atoms with Gasteiger partial charge >= 0.3 is 0 Å². The minimum Gasteiger partial charge on any atom is -0.467 e. The van der Waals surface area contributed by atoms with Crippen LogP contribution in [0.5, 0.6) is 0 Å². The van der Waals surface area contributed by atoms with E-state index in [1.165, 1.54) is 6.08 Å². The van der Waals surface area contributed by atoms with Crippen LogP contribution >= 0.6 is 0 Å². The van der Waals surface area contributed by atoms with Crippen LogP contribution in [-0.2, 0) is 52.8 Å². The SMILES string of the molecule is C=CC=O.CCn1c(-c2cccnc2C(C)OC)c(CC(C)(C)COC=O)c2cc(-c3cccc(CC(NC(=O)C(C(C)C)N(C)C(=O)C4CCN(C)C4)C(=O)N4CCCCN4)c3)ccc21. The zero-order valence-corrected chi connectivity index (χ0v) is 40.5. The van der Waals surface area contributed by atoms with Gasteiger partial charge in [-0.15, -0.1) is 0 Å². The number of aromatic nitrogens is 2. The lowest BCUT2D eigenvalue weighted by molar-refractivity contribution is -0.145. The Bertz CT molecular complexity index is 2310. The molecule has 2 saturated heterocycles. The number of amides is 3. The Morgan fingerprint density at radius 2 is 1.79 bits per heavy atom. The fourth-order valence-corrected chi connectivity index (χ4v) is 9.38. The average Bonchev–Trinajstić information content (AvgIpc) is 3.89. The van der Waals surface area contributed by atoms with Crippen molar-refractivity contribution in [2.24, 2.45) is 17.3 Å². The van der Waals surface area contributed by atoms with E-state index in [-0.39, 0.29) is 54.1 Å². The summed E-state index contributed by atoms with van der Waals surface area (Å²) in [5, 5.41) is 5.86. The number of rotatable bonds is 19. The van der Waals surface area contributed by atoms with E-state index >= 15 is 0 Å². The molecule has 0 spiro atoms. The summed E-state index contributed by atoms with van der Waals surface area (Å²) in [5.74, 6) is -0.901. The summed E-state index contributed by atoms with van der Waals surface area (Å²) in [6, 6.07) is 17.2. The quantitative estimate of drug-likeness (QED) is 0.0759. The van der Waals surface area contributed by atoms with Crippen LogP contribution in [0.25, 0.3) is 33.3 Å². The molecule has 66 heavy (non-hydrogen) atoms. The highest BCUT2D eigenvalue weighted by Gasteiger charge is 2.38. The molecule has 4 aromatic rings. The third kappa shape index (κ3) is 12.4. The first kappa shape index (κ1) is 51.3. The standard InChI is InChI=1S/C49H67N7O6.C3H4O/c1-10-55-42-19-18-36(27-39(42)40(28-49(5,6)30-62-31-57)45(55)38-17-14-21-50-43(38)33(4)61-9)35-16-13-15-34(25-35)26-41(48(60)56-23-12-11-22-51-56)52-46(58)44(32(2)3)54(8)47(59)37-20-24-53(7)29-37;1-2-3-4/h13-19,21,25,27,31-33,37,41,44,51H,10-12,20,22-24,26,28-30H2,1-9H3,(H,52,58);2-3H,1H2. The number of carbonyl (C=O) groups excluding carboxylic acids is 5. The number of likely N-dealkylation sites (N-methyl/N-ethyl adjacent to an activating group) is 1. The van der Waals surface area contributed by atoms with Crippen molar-refractivity contribution in [3.8, 4) is 22.4 Å². The number of hydrogen-bond acceptors (Lipinski definition) is 10. The highest BCUT2D eigenvalue weighted by molar-refractivity contribution is 5.96. The van der Waals surface area contributed by atoms with Crippen LogP contribution in [-0.4, -0.2) is 121 Å². The molecule has 0 saturated carbocycles. The number of allylic oxidation sites excluding steroid dienone is 1. The van der Waals surface area contributed by atoms with Crippen molar-refractivity contribution < 1.29 is 33.4 Å². The van der Waals surface area contributed by atoms with Crippen molar-refractivity contribution >= 4 is 41.4 Å². The van der Waals surface area contributed by atoms with Crippen LogP contribution in [0.4, 0.5) is 0 Å². The molecule has 14 nitrogen and oxygen atoms in total. The lowest BCUT2D eigenvalue weighted by Crippen LogP contribution is -2.59. The van der Waals surface area contributed by atoms with Crippen LogP contribution in [0.3, 0.4) is 0 Å². The first-order valence-corrected chi connectivity index (χ1v) is 23.2. The molecule has 2 N–H and O–H groups in total. The fourth-order valence-electron chi connectivity index (χ4n) is 9.38. The second-order valence-electron chi connectivity index (χ2n) is 18.7. The van der Waals surface area contributed by atoms with Crippen LogP contribution < -0.4 is 10.7 Å². The maximum Gasteiger partial charge on any atom is 0.293 e. The van der Waals surface area contributed by atoms with Crippen molar-refractivity contribution in [1.82, 2.24) is 35.1 Å². The summed E-state index contributed by atoms with van der Waals surface area (Å²) in [7, 11) is 5.41. The predicted molar refractivity (Wildman–Crippen MR) is 259 cm³/mol. The van der Waals surface area contributed by atoms with Gasteiger partial charge in [-0.1, -0.05) is 64.6 Å². The third-order valence-electron chi connectivity index (χ3n) is 12.7. The first-order valence-electron chi connectivity index (χ1n) is 23.2. The van der Waals surface area contributed by atoms with Crippen LogP contribution in [0.15, 0.2) is 73.4 Å². The number of aldehydes is 1. The largest absolute Gasteiger partial charge is 0.467 e. The molecule has 0 aliphatic carbocycles. The Morgan fingerprint density at radius 3 is 2.41 bits per heavy atom. The normalized spacial score (nSPS) is 16.8. The Labute approximate surface area is 391 Å². The summed E-state index contributed by atoms with van der Waals surface area (Å²) in [5.41, 5.74) is 10.8. The van der Waals surface area contributed by atoms with Gasteiger partial charge < -0.3 is 29.2 Å². The highest BCUT2D eigenvalue weighted by atomic mass is 16.5. The maximum atomic E-state index is 14.3. The number of likely N-dealkylation sites (tertiary alicyclic amines) is 1. The van der Waals surface area contributed by atoms with Crippen molar-refractivity contribution in [3.05, 3.63) is 90.3 Å². The molecule has 4 heterocycles. The maximum absolute atomic E-state index is 14.3. The number of nitrogens with zero attached hydrogens (tertiary/aromatic N) is 5. The first-order chi connectivity index (χ1) is 31.6. The Hall–Kier alpha value is -5.70. The zero-order valence-electron chi connectivity index (χ0n) is 40.5. The summed E-state index contributed by atoms with van der Waals surface area (Å²) >= 11 is 0. The average molecular weight is 906 g/mol. The number of ether oxygens (including phenoxy) is 2. The number of hydrogen-bond donors (Lipinski definition) is 2. The van der Waals surface area contributed by atoms with Gasteiger partial charge in [-0.3, -0.25) is 34.0 Å². The van der Waals surface area contributed by atoms with Crippen LogP contribution in [0.1, 0.15) is 83.7 Å². The van der Waals surface area contributed by atoms with E-state index in [0.29, 0.717) is 45.4 Å². The third-order valence-corrected chi connectivity index (χ3v) is 12.7. The van der Waals surface area contributed by atoms with Crippen molar-refractivity contribution in [2.45, 2.75) is 98.4 Å². The van der Waals surface area contributed by atoms with Gasteiger partial charge in [0.1, 0.15) is 18.4 Å². The number of benzene rings is 2. The molecule has 356 valence electrons. The number of carbonyl (C=O) groups is 5. The van der Waals surface area contributed by atoms with E-state index in [2.05, 4.69) is 84.0 Å². The minimum atomic E-state index is -0.861. The van der Waals surface area contributed by atoms with Gasteiger partial charge in [-0.25, -0.2) is 5.43 Å². The second-order valence-corrected chi connectivity index (χ2v) is 18.7. The van der Waals surface area contributed by atoms with Gasteiger partial charge in [0.15, 0.2) is 0 Å². The van der Waals surface area contributed by atoms with Gasteiger partial charge in [0, 0.05) is 74.8 Å². The predicted octanol–water partition coefficient (Wildman–Crippen LogP) is 6.80. The number of aryl methyl sites for hydroxylation is 1. The molecule has 2 aromatic carbocycles. The van der Waals surface area contributed by atoms with Crippen LogP contribution in [0.2, 0.25) is 0 Å². The number of pyridine rings is 1. The molecule has 6 rings (SSSR count). The Kier molecular flexibility index (Phi) is 18.4. The lowest BCUT2D eigenvalue weighted by Gasteiger charge is -2.35. The summed E-state index contributed by atoms with van der Waals surface area (Å²) in [4.78, 5) is 71.1. The molecular weight excluding hydrogens is 835 g/mol. The molecule has 14 heteroatoms. The molecule has 4 atom stereocenters. The highest BCUT2D eigenvalue weighted by Crippen LogP contribution is 2.42. The molecule has 3 amide bonds.